The van der Waals surface area contributed by atoms with Crippen molar-refractivity contribution in [1.29, 1.82) is 0 Å². The maximum absolute atomic E-state index is 14.6. The Labute approximate surface area is 268 Å². The van der Waals surface area contributed by atoms with E-state index in [9.17, 15) is 40.2 Å². The molecule has 0 radical (unpaired) electrons. The Balaban J connectivity index is 1.62. The first kappa shape index (κ1) is 31.5. The van der Waals surface area contributed by atoms with Crippen molar-refractivity contribution in [3.8, 4) is 28.4 Å². The minimum Gasteiger partial charge on any atom is -0.504 e. The van der Waals surface area contributed by atoms with Crippen molar-refractivity contribution in [2.24, 2.45) is 0 Å². The summed E-state index contributed by atoms with van der Waals surface area (Å²) in [5, 5.41) is 11.2. The van der Waals surface area contributed by atoms with Crippen LogP contribution in [0.2, 0.25) is 0 Å². The van der Waals surface area contributed by atoms with Gasteiger partial charge in [0.1, 0.15) is 17.4 Å². The number of alkyl halides is 6. The average Bonchev–Trinajstić information content (AvgIpc) is 3.26. The molecular weight excluding hydrogens is 644 g/mol. The molecule has 1 aliphatic heterocycles. The Morgan fingerprint density at radius 2 is 1.31 bits per heavy atom. The number of aromatic hydroxyl groups is 1. The number of ether oxygens (including phenoxy) is 2. The summed E-state index contributed by atoms with van der Waals surface area (Å²) in [6, 6.07) is 14.2. The number of halogens is 8. The number of hydrogen-bond donors (Lipinski definition) is 1. The zero-order valence-corrected chi connectivity index (χ0v) is 25.4. The molecule has 3 nitrogen and oxygen atoms in total. The van der Waals surface area contributed by atoms with Crippen LogP contribution in [0.4, 0.5) is 35.1 Å². The number of phenolic OH excluding ortho intramolecular Hbond substituents is 1. The van der Waals surface area contributed by atoms with E-state index in [1.54, 1.807) is 12.2 Å². The van der Waals surface area contributed by atoms with Gasteiger partial charge in [-0.05, 0) is 82.2 Å². The molecule has 0 bridgehead atoms. The fourth-order valence-electron chi connectivity index (χ4n) is 7.14. The first-order valence-corrected chi connectivity index (χ1v) is 14.6. The van der Waals surface area contributed by atoms with Gasteiger partial charge in [-0.3, -0.25) is 0 Å². The Bertz CT molecular complexity index is 2120. The maximum atomic E-state index is 14.6. The molecular formula is C37H24F8O3. The lowest BCUT2D eigenvalue weighted by Gasteiger charge is -2.38. The van der Waals surface area contributed by atoms with E-state index < -0.39 is 51.9 Å². The third kappa shape index (κ3) is 4.54. The first-order valence-electron chi connectivity index (χ1n) is 14.6. The van der Waals surface area contributed by atoms with E-state index in [1.165, 1.54) is 81.6 Å². The summed E-state index contributed by atoms with van der Waals surface area (Å²) in [5.41, 5.74) is -5.12. The fourth-order valence-corrected chi connectivity index (χ4v) is 7.14. The number of phenols is 1. The van der Waals surface area contributed by atoms with Gasteiger partial charge in [-0.25, -0.2) is 8.78 Å². The third-order valence-electron chi connectivity index (χ3n) is 9.18. The summed E-state index contributed by atoms with van der Waals surface area (Å²) in [7, 11) is 1.28. The zero-order chi connectivity index (χ0) is 34.6. The predicted molar refractivity (Wildman–Crippen MR) is 163 cm³/mol. The summed E-state index contributed by atoms with van der Waals surface area (Å²) >= 11 is 0. The van der Waals surface area contributed by atoms with Crippen LogP contribution in [0.1, 0.15) is 52.8 Å². The second kappa shape index (κ2) is 10.2. The lowest BCUT2D eigenvalue weighted by atomic mass is 9.75. The van der Waals surface area contributed by atoms with Crippen LogP contribution in [0.3, 0.4) is 0 Å². The zero-order valence-electron chi connectivity index (χ0n) is 25.4. The largest absolute Gasteiger partial charge is 0.504 e. The van der Waals surface area contributed by atoms with Crippen molar-refractivity contribution < 1.29 is 49.7 Å². The summed E-state index contributed by atoms with van der Waals surface area (Å²) in [6.07, 6.45) is -7.03. The van der Waals surface area contributed by atoms with Crippen LogP contribution in [-0.4, -0.2) is 12.2 Å². The third-order valence-corrected chi connectivity index (χ3v) is 9.18. The van der Waals surface area contributed by atoms with Crippen LogP contribution in [0.15, 0.2) is 78.9 Å². The summed E-state index contributed by atoms with van der Waals surface area (Å²) in [6.45, 7) is 2.98. The van der Waals surface area contributed by atoms with E-state index in [0.717, 1.165) is 0 Å². The fraction of sp³-hybridized carbons (Fsp3) is 0.189. The molecule has 0 atom stereocenters. The quantitative estimate of drug-likeness (QED) is 0.195. The highest BCUT2D eigenvalue weighted by molar-refractivity contribution is 6.10. The molecule has 0 amide bonds. The molecule has 1 N–H and O–H groups in total. The van der Waals surface area contributed by atoms with Gasteiger partial charge in [0, 0.05) is 27.5 Å². The van der Waals surface area contributed by atoms with Gasteiger partial charge in [-0.15, -0.1) is 0 Å². The number of fused-ring (bicyclic) bond motifs is 8. The molecule has 5 aromatic rings. The Hall–Kier alpha value is -5.06. The van der Waals surface area contributed by atoms with Crippen LogP contribution in [0.5, 0.6) is 17.2 Å². The normalized spacial score (nSPS) is 15.9. The molecule has 48 heavy (non-hydrogen) atoms. The number of methoxy groups -OCH3 is 1. The molecule has 1 aliphatic carbocycles. The molecule has 0 spiro atoms. The Morgan fingerprint density at radius 1 is 0.729 bits per heavy atom. The summed E-state index contributed by atoms with van der Waals surface area (Å²) in [4.78, 5) is 0. The van der Waals surface area contributed by atoms with Gasteiger partial charge in [0.05, 0.1) is 18.2 Å². The van der Waals surface area contributed by atoms with Gasteiger partial charge in [0.15, 0.2) is 17.1 Å². The van der Waals surface area contributed by atoms with Crippen LogP contribution in [0.25, 0.3) is 28.0 Å². The lowest BCUT2D eigenvalue weighted by molar-refractivity contribution is -0.143. The predicted octanol–water partition coefficient (Wildman–Crippen LogP) is 10.5. The second-order valence-electron chi connectivity index (χ2n) is 12.3. The number of hydrogen-bond acceptors (Lipinski definition) is 3. The topological polar surface area (TPSA) is 38.7 Å². The Morgan fingerprint density at radius 3 is 1.83 bits per heavy atom. The smallest absolute Gasteiger partial charge is 0.416 e. The highest BCUT2D eigenvalue weighted by Crippen LogP contribution is 2.61. The molecule has 11 heteroatoms. The molecule has 0 saturated carbocycles. The van der Waals surface area contributed by atoms with E-state index in [2.05, 4.69) is 0 Å². The van der Waals surface area contributed by atoms with Crippen LogP contribution in [-0.2, 0) is 23.4 Å². The van der Waals surface area contributed by atoms with E-state index in [0.29, 0.717) is 17.2 Å². The lowest BCUT2D eigenvalue weighted by Crippen LogP contribution is -2.35. The molecule has 7 rings (SSSR count). The minimum absolute atomic E-state index is 0.0329. The SMILES string of the molecule is COc1cc2c3c(c4c(c2cc1O)-c1cc(C(F)(F)F)cc(C(F)(F)F)c1C4(C)C)C=CC(c1ccc(F)cc1)(c1ccc(F)cc1)O3. The summed E-state index contributed by atoms with van der Waals surface area (Å²) < 4.78 is 127. The van der Waals surface area contributed by atoms with Crippen LogP contribution in [0, 0.1) is 11.6 Å². The second-order valence-corrected chi connectivity index (χ2v) is 12.3. The molecule has 0 fully saturated rings. The molecule has 246 valence electrons. The molecule has 1 heterocycles. The van der Waals surface area contributed by atoms with Crippen molar-refractivity contribution in [2.75, 3.05) is 7.11 Å². The molecule has 5 aromatic carbocycles. The van der Waals surface area contributed by atoms with E-state index in [1.807, 2.05) is 0 Å². The van der Waals surface area contributed by atoms with Gasteiger partial charge >= 0.3 is 12.4 Å². The molecule has 0 saturated heterocycles. The van der Waals surface area contributed by atoms with Gasteiger partial charge in [-0.2, -0.15) is 26.3 Å². The van der Waals surface area contributed by atoms with Gasteiger partial charge in [0.2, 0.25) is 0 Å². The average molecular weight is 669 g/mol. The molecule has 2 aliphatic rings. The minimum atomic E-state index is -5.14. The highest BCUT2D eigenvalue weighted by Gasteiger charge is 2.50. The standard InChI is InChI=1S/C37H24F8O3/c1-34(2)31-26(14-20(36(40,41)42)15-27(31)37(43,44)45)30-24-16-28(46)29(47-3)17-25(24)33-23(32(30)34)12-13-35(48-33,18-4-8-21(38)9-5-18)19-6-10-22(39)11-7-19/h4-17,46H,1-3H3. The van der Waals surface area contributed by atoms with E-state index in [4.69, 9.17) is 9.47 Å². The monoisotopic (exact) mass is 668 g/mol. The van der Waals surface area contributed by atoms with Crippen molar-refractivity contribution in [1.82, 2.24) is 0 Å². The Kier molecular flexibility index (Phi) is 6.71. The van der Waals surface area contributed by atoms with Crippen molar-refractivity contribution in [3.05, 3.63) is 129 Å². The van der Waals surface area contributed by atoms with Crippen molar-refractivity contribution in [2.45, 2.75) is 37.2 Å². The number of benzene rings is 5. The van der Waals surface area contributed by atoms with E-state index in [-0.39, 0.29) is 56.2 Å². The number of rotatable bonds is 3. The van der Waals surface area contributed by atoms with Crippen molar-refractivity contribution in [3.63, 3.8) is 0 Å². The molecule has 0 unspecified atom stereocenters. The van der Waals surface area contributed by atoms with Gasteiger partial charge in [0.25, 0.3) is 0 Å². The summed E-state index contributed by atoms with van der Waals surface area (Å²) in [5.74, 6) is -1.39. The van der Waals surface area contributed by atoms with Gasteiger partial charge in [-0.1, -0.05) is 44.2 Å². The van der Waals surface area contributed by atoms with Crippen LogP contribution < -0.4 is 9.47 Å². The van der Waals surface area contributed by atoms with Crippen molar-refractivity contribution >= 4 is 16.8 Å². The van der Waals surface area contributed by atoms with Crippen LogP contribution >= 0.6 is 0 Å². The molecule has 0 aromatic heterocycles. The van der Waals surface area contributed by atoms with Gasteiger partial charge < -0.3 is 14.6 Å². The maximum Gasteiger partial charge on any atom is 0.416 e. The van der Waals surface area contributed by atoms with E-state index >= 15 is 0 Å². The first-order chi connectivity index (χ1) is 22.5. The highest BCUT2D eigenvalue weighted by atomic mass is 19.4.